The number of nitrogens with two attached hydrogens (primary N) is 1. The summed E-state index contributed by atoms with van der Waals surface area (Å²) in [7, 11) is 0. The first-order chi connectivity index (χ1) is 9.58. The molecule has 0 bridgehead atoms. The smallest absolute Gasteiger partial charge is 0.250 e. The van der Waals surface area contributed by atoms with Crippen LogP contribution >= 0.6 is 0 Å². The van der Waals surface area contributed by atoms with Crippen molar-refractivity contribution < 1.29 is 4.74 Å². The number of hydrogen-bond donors (Lipinski definition) is 2. The maximum absolute atomic E-state index is 11.5. The highest BCUT2D eigenvalue weighted by atomic mass is 16.5. The Labute approximate surface area is 117 Å². The molecule has 0 saturated carbocycles. The number of pyridine rings is 1. The minimum atomic E-state index is -0.0506. The molecule has 0 aliphatic rings. The highest BCUT2D eigenvalue weighted by Gasteiger charge is 2.04. The van der Waals surface area contributed by atoms with Gasteiger partial charge in [0.2, 0.25) is 0 Å². The van der Waals surface area contributed by atoms with E-state index < -0.39 is 0 Å². The average Bonchev–Trinajstić information content (AvgIpc) is 2.42. The Morgan fingerprint density at radius 3 is 2.85 bits per heavy atom. The van der Waals surface area contributed by atoms with Crippen molar-refractivity contribution in [1.82, 2.24) is 4.57 Å². The number of nitrogens with one attached hydrogen (secondary N) is 1. The zero-order valence-corrected chi connectivity index (χ0v) is 11.3. The molecule has 20 heavy (non-hydrogen) atoms. The lowest BCUT2D eigenvalue weighted by molar-refractivity contribution is 0.294. The predicted molar refractivity (Wildman–Crippen MR) is 78.4 cm³/mol. The zero-order valence-electron chi connectivity index (χ0n) is 11.3. The van der Waals surface area contributed by atoms with Crippen LogP contribution in [-0.2, 0) is 6.54 Å². The number of benzene rings is 1. The van der Waals surface area contributed by atoms with Gasteiger partial charge in [-0.25, -0.2) is 0 Å². The molecule has 2 aromatic rings. The zero-order chi connectivity index (χ0) is 14.5. The van der Waals surface area contributed by atoms with Gasteiger partial charge in [-0.05, 0) is 24.6 Å². The lowest BCUT2D eigenvalue weighted by atomic mass is 10.1. The number of ether oxygens (including phenoxy) is 1. The van der Waals surface area contributed by atoms with Crippen LogP contribution in [0.25, 0.3) is 0 Å². The normalized spacial score (nSPS) is 10.2. The van der Waals surface area contributed by atoms with Gasteiger partial charge in [0.15, 0.2) is 0 Å². The van der Waals surface area contributed by atoms with Crippen molar-refractivity contribution in [2.75, 3.05) is 6.61 Å². The Kier molecular flexibility index (Phi) is 4.20. The maximum Gasteiger partial charge on any atom is 0.250 e. The molecule has 0 atom stereocenters. The van der Waals surface area contributed by atoms with E-state index in [0.29, 0.717) is 24.5 Å². The van der Waals surface area contributed by atoms with Crippen molar-refractivity contribution in [3.8, 4) is 5.75 Å². The standard InChI is InChI=1S/C15H17N3O2/c1-11-5-6-12(15(16)17)10-13(11)20-9-8-18-7-3-2-4-14(18)19/h2-7,10H,8-9H2,1H3,(H3,16,17). The summed E-state index contributed by atoms with van der Waals surface area (Å²) >= 11 is 0. The fourth-order valence-electron chi connectivity index (χ4n) is 1.82. The molecule has 0 spiro atoms. The van der Waals surface area contributed by atoms with Crippen LogP contribution < -0.4 is 16.0 Å². The third kappa shape index (κ3) is 3.26. The van der Waals surface area contributed by atoms with E-state index in [0.717, 1.165) is 5.56 Å². The molecule has 2 rings (SSSR count). The molecule has 0 radical (unpaired) electrons. The van der Waals surface area contributed by atoms with Crippen molar-refractivity contribution in [2.24, 2.45) is 5.73 Å². The monoisotopic (exact) mass is 271 g/mol. The first-order valence-electron chi connectivity index (χ1n) is 6.31. The molecule has 1 heterocycles. The third-order valence-electron chi connectivity index (χ3n) is 2.99. The van der Waals surface area contributed by atoms with Gasteiger partial charge in [-0.3, -0.25) is 10.2 Å². The number of nitrogens with zero attached hydrogens (tertiary/aromatic N) is 1. The largest absolute Gasteiger partial charge is 0.491 e. The molecule has 1 aromatic carbocycles. The minimum absolute atomic E-state index is 0.00845. The van der Waals surface area contributed by atoms with Gasteiger partial charge in [0.05, 0.1) is 6.54 Å². The Hall–Kier alpha value is -2.56. The van der Waals surface area contributed by atoms with Gasteiger partial charge < -0.3 is 15.0 Å². The molecule has 0 fully saturated rings. The Morgan fingerprint density at radius 2 is 2.15 bits per heavy atom. The van der Waals surface area contributed by atoms with Crippen LogP contribution in [0.4, 0.5) is 0 Å². The maximum atomic E-state index is 11.5. The number of aromatic nitrogens is 1. The van der Waals surface area contributed by atoms with Crippen LogP contribution in [0.3, 0.4) is 0 Å². The number of aryl methyl sites for hydroxylation is 1. The average molecular weight is 271 g/mol. The van der Waals surface area contributed by atoms with E-state index in [2.05, 4.69) is 0 Å². The van der Waals surface area contributed by atoms with Gasteiger partial charge >= 0.3 is 0 Å². The Morgan fingerprint density at radius 1 is 1.35 bits per heavy atom. The Bertz CT molecular complexity index is 677. The van der Waals surface area contributed by atoms with Gasteiger partial charge in [0, 0.05) is 17.8 Å². The lowest BCUT2D eigenvalue weighted by Gasteiger charge is -2.11. The predicted octanol–water partition coefficient (Wildman–Crippen LogP) is 1.52. The fourth-order valence-corrected chi connectivity index (χ4v) is 1.82. The van der Waals surface area contributed by atoms with E-state index in [9.17, 15) is 4.79 Å². The first-order valence-corrected chi connectivity index (χ1v) is 6.31. The molecule has 5 nitrogen and oxygen atoms in total. The fraction of sp³-hybridized carbons (Fsp3) is 0.200. The molecule has 3 N–H and O–H groups in total. The van der Waals surface area contributed by atoms with Gasteiger partial charge in [-0.15, -0.1) is 0 Å². The van der Waals surface area contributed by atoms with E-state index >= 15 is 0 Å². The van der Waals surface area contributed by atoms with E-state index in [1.807, 2.05) is 19.1 Å². The summed E-state index contributed by atoms with van der Waals surface area (Å²) in [5.74, 6) is 0.691. The van der Waals surface area contributed by atoms with E-state index in [4.69, 9.17) is 15.9 Å². The number of hydrogen-bond acceptors (Lipinski definition) is 3. The quantitative estimate of drug-likeness (QED) is 0.639. The summed E-state index contributed by atoms with van der Waals surface area (Å²) in [5, 5.41) is 7.42. The lowest BCUT2D eigenvalue weighted by Crippen LogP contribution is -2.21. The van der Waals surface area contributed by atoms with Gasteiger partial charge in [0.25, 0.3) is 5.56 Å². The summed E-state index contributed by atoms with van der Waals surface area (Å²) in [6.07, 6.45) is 1.73. The molecule has 104 valence electrons. The summed E-state index contributed by atoms with van der Waals surface area (Å²) in [6.45, 7) is 2.78. The Balaban J connectivity index is 2.04. The van der Waals surface area contributed by atoms with Crippen molar-refractivity contribution in [3.63, 3.8) is 0 Å². The van der Waals surface area contributed by atoms with Crippen molar-refractivity contribution >= 4 is 5.84 Å². The highest BCUT2D eigenvalue weighted by molar-refractivity contribution is 5.95. The third-order valence-corrected chi connectivity index (χ3v) is 2.99. The highest BCUT2D eigenvalue weighted by Crippen LogP contribution is 2.19. The molecule has 0 aliphatic heterocycles. The molecule has 5 heteroatoms. The van der Waals surface area contributed by atoms with Crippen molar-refractivity contribution in [2.45, 2.75) is 13.5 Å². The second kappa shape index (κ2) is 6.06. The van der Waals surface area contributed by atoms with Crippen LogP contribution in [0.2, 0.25) is 0 Å². The molecule has 0 aliphatic carbocycles. The van der Waals surface area contributed by atoms with Crippen molar-refractivity contribution in [3.05, 3.63) is 64.1 Å². The molecule has 0 unspecified atom stereocenters. The van der Waals surface area contributed by atoms with Crippen LogP contribution in [0, 0.1) is 12.3 Å². The van der Waals surface area contributed by atoms with E-state index in [1.165, 1.54) is 6.07 Å². The number of amidine groups is 1. The second-order valence-electron chi connectivity index (χ2n) is 4.47. The van der Waals surface area contributed by atoms with Crippen molar-refractivity contribution in [1.29, 1.82) is 5.41 Å². The summed E-state index contributed by atoms with van der Waals surface area (Å²) < 4.78 is 7.26. The molecule has 1 aromatic heterocycles. The van der Waals surface area contributed by atoms with E-state index in [-0.39, 0.29) is 11.4 Å². The SMILES string of the molecule is Cc1ccc(C(=N)N)cc1OCCn1ccccc1=O. The number of rotatable bonds is 5. The topological polar surface area (TPSA) is 81.1 Å². The molecule has 0 amide bonds. The summed E-state index contributed by atoms with van der Waals surface area (Å²) in [4.78, 5) is 11.5. The van der Waals surface area contributed by atoms with Gasteiger partial charge in [0.1, 0.15) is 18.2 Å². The molecular formula is C15H17N3O2. The summed E-state index contributed by atoms with van der Waals surface area (Å²) in [5.41, 5.74) is 7.00. The summed E-state index contributed by atoms with van der Waals surface area (Å²) in [6, 6.07) is 10.4. The van der Waals surface area contributed by atoms with E-state index in [1.54, 1.807) is 29.0 Å². The van der Waals surface area contributed by atoms with Gasteiger partial charge in [-0.1, -0.05) is 18.2 Å². The van der Waals surface area contributed by atoms with Crippen LogP contribution in [0.15, 0.2) is 47.4 Å². The minimum Gasteiger partial charge on any atom is -0.491 e. The van der Waals surface area contributed by atoms with Crippen LogP contribution in [0.1, 0.15) is 11.1 Å². The molecule has 0 saturated heterocycles. The molecular weight excluding hydrogens is 254 g/mol. The second-order valence-corrected chi connectivity index (χ2v) is 4.47. The van der Waals surface area contributed by atoms with Crippen LogP contribution in [-0.4, -0.2) is 17.0 Å². The first kappa shape index (κ1) is 13.9. The van der Waals surface area contributed by atoms with Crippen LogP contribution in [0.5, 0.6) is 5.75 Å². The number of nitrogen functional groups attached to an aromatic ring is 1. The van der Waals surface area contributed by atoms with Gasteiger partial charge in [-0.2, -0.15) is 0 Å².